The molecule has 1 aromatic carbocycles. The zero-order valence-electron chi connectivity index (χ0n) is 17.2. The third-order valence-electron chi connectivity index (χ3n) is 5.13. The van der Waals surface area contributed by atoms with E-state index in [2.05, 4.69) is 15.3 Å². The highest BCUT2D eigenvalue weighted by atomic mass is 16.5. The van der Waals surface area contributed by atoms with E-state index in [9.17, 15) is 4.79 Å². The van der Waals surface area contributed by atoms with E-state index in [0.29, 0.717) is 18.7 Å². The van der Waals surface area contributed by atoms with E-state index >= 15 is 0 Å². The first kappa shape index (κ1) is 20.2. The van der Waals surface area contributed by atoms with Crippen molar-refractivity contribution in [2.75, 3.05) is 39.5 Å². The molecule has 4 rings (SSSR count). The van der Waals surface area contributed by atoms with Crippen LogP contribution in [0.25, 0.3) is 5.82 Å². The minimum Gasteiger partial charge on any atom is -0.492 e. The van der Waals surface area contributed by atoms with Crippen LogP contribution in [0.2, 0.25) is 0 Å². The first-order valence-corrected chi connectivity index (χ1v) is 10.2. The Morgan fingerprint density at radius 2 is 2.00 bits per heavy atom. The van der Waals surface area contributed by atoms with Crippen LogP contribution in [0.1, 0.15) is 15.9 Å². The van der Waals surface area contributed by atoms with Crippen LogP contribution in [0.3, 0.4) is 0 Å². The molecule has 30 heavy (non-hydrogen) atoms. The van der Waals surface area contributed by atoms with E-state index in [4.69, 9.17) is 9.47 Å². The molecule has 2 aromatic heterocycles. The Labute approximate surface area is 176 Å². The van der Waals surface area contributed by atoms with Crippen molar-refractivity contribution >= 4 is 5.91 Å². The van der Waals surface area contributed by atoms with Gasteiger partial charge in [-0.15, -0.1) is 0 Å². The summed E-state index contributed by atoms with van der Waals surface area (Å²) in [6.45, 7) is 5.42. The van der Waals surface area contributed by atoms with Crippen molar-refractivity contribution in [2.24, 2.45) is 7.05 Å². The minimum atomic E-state index is -0.162. The van der Waals surface area contributed by atoms with Gasteiger partial charge >= 0.3 is 0 Å². The molecule has 0 atom stereocenters. The number of morpholine rings is 1. The number of aromatic nitrogens is 3. The molecule has 8 heteroatoms. The molecule has 0 radical (unpaired) electrons. The molecule has 1 aliphatic rings. The molecule has 1 aliphatic heterocycles. The van der Waals surface area contributed by atoms with E-state index in [-0.39, 0.29) is 5.91 Å². The summed E-state index contributed by atoms with van der Waals surface area (Å²) in [4.78, 5) is 15.1. The summed E-state index contributed by atoms with van der Waals surface area (Å²) in [5, 5.41) is 7.22. The number of ether oxygens (including phenoxy) is 2. The topological polar surface area (TPSA) is 73.6 Å². The molecular weight excluding hydrogens is 382 g/mol. The van der Waals surface area contributed by atoms with E-state index < -0.39 is 0 Å². The fraction of sp³-hybridized carbons (Fsp3) is 0.364. The van der Waals surface area contributed by atoms with Crippen molar-refractivity contribution in [1.82, 2.24) is 24.6 Å². The second kappa shape index (κ2) is 9.60. The maximum atomic E-state index is 12.8. The van der Waals surface area contributed by atoms with E-state index in [1.807, 2.05) is 60.4 Å². The predicted octanol–water partition coefficient (Wildman–Crippen LogP) is 1.85. The lowest BCUT2D eigenvalue weighted by atomic mass is 10.2. The van der Waals surface area contributed by atoms with E-state index in [1.54, 1.807) is 10.9 Å². The van der Waals surface area contributed by atoms with Crippen LogP contribution in [0.15, 0.2) is 55.0 Å². The van der Waals surface area contributed by atoms with Gasteiger partial charge in [0, 0.05) is 45.6 Å². The number of amides is 1. The Kier molecular flexibility index (Phi) is 6.46. The lowest BCUT2D eigenvalue weighted by molar-refractivity contribution is 0.0322. The first-order chi connectivity index (χ1) is 14.7. The number of hydrogen-bond donors (Lipinski definition) is 1. The number of carbonyl (C=O) groups excluding carboxylic acids is 1. The molecule has 1 N–H and O–H groups in total. The van der Waals surface area contributed by atoms with Gasteiger partial charge in [0.15, 0.2) is 0 Å². The van der Waals surface area contributed by atoms with Crippen LogP contribution in [0.5, 0.6) is 5.75 Å². The van der Waals surface area contributed by atoms with Gasteiger partial charge in [0.2, 0.25) is 0 Å². The van der Waals surface area contributed by atoms with Gasteiger partial charge in [0.1, 0.15) is 23.7 Å². The zero-order chi connectivity index (χ0) is 20.8. The lowest BCUT2D eigenvalue weighted by Crippen LogP contribution is -2.38. The van der Waals surface area contributed by atoms with Gasteiger partial charge in [-0.2, -0.15) is 5.10 Å². The quantitative estimate of drug-likeness (QED) is 0.615. The van der Waals surface area contributed by atoms with Gasteiger partial charge in [-0.1, -0.05) is 12.1 Å². The maximum absolute atomic E-state index is 12.8. The minimum absolute atomic E-state index is 0.162. The number of carbonyl (C=O) groups is 1. The highest BCUT2D eigenvalue weighted by Gasteiger charge is 2.17. The van der Waals surface area contributed by atoms with Crippen LogP contribution in [0, 0.1) is 0 Å². The largest absolute Gasteiger partial charge is 0.492 e. The summed E-state index contributed by atoms with van der Waals surface area (Å²) in [5.41, 5.74) is 1.52. The Bertz CT molecular complexity index is 961. The van der Waals surface area contributed by atoms with Crippen molar-refractivity contribution in [2.45, 2.75) is 6.54 Å². The summed E-state index contributed by atoms with van der Waals surface area (Å²) in [5.74, 6) is 1.38. The van der Waals surface area contributed by atoms with Crippen molar-refractivity contribution in [3.05, 3.63) is 66.1 Å². The lowest BCUT2D eigenvalue weighted by Gasteiger charge is -2.26. The number of nitrogens with zero attached hydrogens (tertiary/aromatic N) is 4. The average Bonchev–Trinajstić information content (AvgIpc) is 3.42. The fourth-order valence-electron chi connectivity index (χ4n) is 3.51. The van der Waals surface area contributed by atoms with Crippen molar-refractivity contribution in [3.8, 4) is 11.6 Å². The third-order valence-corrected chi connectivity index (χ3v) is 5.13. The van der Waals surface area contributed by atoms with Crippen molar-refractivity contribution in [1.29, 1.82) is 0 Å². The molecule has 0 saturated carbocycles. The van der Waals surface area contributed by atoms with Gasteiger partial charge < -0.3 is 19.4 Å². The molecule has 3 heterocycles. The van der Waals surface area contributed by atoms with Gasteiger partial charge in [-0.05, 0) is 29.8 Å². The Hall–Kier alpha value is -3.10. The third kappa shape index (κ3) is 4.90. The van der Waals surface area contributed by atoms with Crippen LogP contribution >= 0.6 is 0 Å². The molecule has 1 amide bonds. The first-order valence-electron chi connectivity index (χ1n) is 10.2. The molecule has 8 nitrogen and oxygen atoms in total. The van der Waals surface area contributed by atoms with Crippen molar-refractivity contribution < 1.29 is 14.3 Å². The zero-order valence-corrected chi connectivity index (χ0v) is 17.2. The van der Waals surface area contributed by atoms with E-state index in [0.717, 1.165) is 50.0 Å². The number of hydrogen-bond acceptors (Lipinski definition) is 5. The van der Waals surface area contributed by atoms with Crippen LogP contribution < -0.4 is 10.1 Å². The standard InChI is InChI=1S/C22H27N5O3/c1-25-22(27-7-2-3-8-27)20(17-24-25)21(28)23-16-18-5-4-6-19(15-18)30-14-11-26-9-12-29-13-10-26/h2-8,15,17H,9-14,16H2,1H3,(H,23,28). The second-order valence-electron chi connectivity index (χ2n) is 7.23. The molecule has 0 unspecified atom stereocenters. The van der Waals surface area contributed by atoms with Gasteiger partial charge in [0.05, 0.1) is 19.4 Å². The monoisotopic (exact) mass is 409 g/mol. The van der Waals surface area contributed by atoms with E-state index in [1.165, 1.54) is 0 Å². The number of rotatable bonds is 8. The molecule has 1 saturated heterocycles. The molecule has 0 aliphatic carbocycles. The summed E-state index contributed by atoms with van der Waals surface area (Å²) in [6, 6.07) is 11.7. The van der Waals surface area contributed by atoms with Gasteiger partial charge in [-0.3, -0.25) is 14.4 Å². The summed E-state index contributed by atoms with van der Waals surface area (Å²) < 4.78 is 14.8. The van der Waals surface area contributed by atoms with Gasteiger partial charge in [0.25, 0.3) is 5.91 Å². The molecule has 0 spiro atoms. The number of aryl methyl sites for hydroxylation is 1. The number of benzene rings is 1. The Morgan fingerprint density at radius 1 is 1.20 bits per heavy atom. The average molecular weight is 409 g/mol. The summed E-state index contributed by atoms with van der Waals surface area (Å²) in [7, 11) is 1.82. The Morgan fingerprint density at radius 3 is 2.80 bits per heavy atom. The normalized spacial score (nSPS) is 14.6. The molecular formula is C22H27N5O3. The molecule has 158 valence electrons. The highest BCUT2D eigenvalue weighted by Crippen LogP contribution is 2.16. The molecule has 0 bridgehead atoms. The summed E-state index contributed by atoms with van der Waals surface area (Å²) >= 11 is 0. The summed E-state index contributed by atoms with van der Waals surface area (Å²) in [6.07, 6.45) is 5.38. The maximum Gasteiger partial charge on any atom is 0.256 e. The number of nitrogens with one attached hydrogen (secondary N) is 1. The highest BCUT2D eigenvalue weighted by molar-refractivity contribution is 5.97. The SMILES string of the molecule is Cn1ncc(C(=O)NCc2cccc(OCCN3CCOCC3)c2)c1-n1cccc1. The fourth-order valence-corrected chi connectivity index (χ4v) is 3.51. The van der Waals surface area contributed by atoms with Crippen molar-refractivity contribution in [3.63, 3.8) is 0 Å². The van der Waals surface area contributed by atoms with Crippen LogP contribution in [-0.4, -0.2) is 64.6 Å². The second-order valence-corrected chi connectivity index (χ2v) is 7.23. The molecule has 3 aromatic rings. The molecule has 1 fully saturated rings. The predicted molar refractivity (Wildman–Crippen MR) is 113 cm³/mol. The smallest absolute Gasteiger partial charge is 0.256 e. The van der Waals surface area contributed by atoms with Crippen LogP contribution in [-0.2, 0) is 18.3 Å². The van der Waals surface area contributed by atoms with Gasteiger partial charge in [-0.25, -0.2) is 0 Å². The van der Waals surface area contributed by atoms with Crippen LogP contribution in [0.4, 0.5) is 0 Å². The Balaban J connectivity index is 1.32.